The molecule has 0 unspecified atom stereocenters. The molecule has 0 N–H and O–H groups in total. The van der Waals surface area contributed by atoms with Crippen LogP contribution in [0, 0.1) is 12.7 Å². The van der Waals surface area contributed by atoms with Gasteiger partial charge in [0.1, 0.15) is 17.0 Å². The van der Waals surface area contributed by atoms with Gasteiger partial charge in [-0.15, -0.1) is 15.7 Å². The van der Waals surface area contributed by atoms with Crippen molar-refractivity contribution in [2.75, 3.05) is 28.3 Å². The molecule has 1 aromatic heterocycles. The molecule has 0 aliphatic heterocycles. The first-order valence-corrected chi connectivity index (χ1v) is 12.6. The number of amides is 1. The number of nitrogens with zero attached hydrogens (tertiary/aromatic N) is 3. The number of carbonyl (C=O) groups excluding carboxylic acids is 1. The molecule has 0 atom stereocenters. The molecule has 0 aliphatic carbocycles. The number of hydrogen-bond acceptors (Lipinski definition) is 5. The Hall–Kier alpha value is -2.79. The van der Waals surface area contributed by atoms with Gasteiger partial charge in [0.05, 0.1) is 17.0 Å². The van der Waals surface area contributed by atoms with Gasteiger partial charge in [-0.3, -0.25) is 9.63 Å². The molecule has 0 saturated heterocycles. The fraction of sp³-hybridized carbons (Fsp3) is 0.217. The van der Waals surface area contributed by atoms with Crippen LogP contribution in [0.1, 0.15) is 15.2 Å². The molecule has 0 fully saturated rings. The lowest BCUT2D eigenvalue weighted by Crippen LogP contribution is -2.25. The number of halogens is 2. The number of carbonyl (C=O) groups is 1. The average Bonchev–Trinajstić information content (AvgIpc) is 3.15. The second kappa shape index (κ2) is 10.2. The third-order valence-electron chi connectivity index (χ3n) is 4.94. The Bertz CT molecular complexity index is 1350. The number of sulfonamides is 1. The highest BCUT2D eigenvalue weighted by Gasteiger charge is 2.25. The molecule has 1 heterocycles. The molecule has 7 nitrogen and oxygen atoms in total. The van der Waals surface area contributed by atoms with Gasteiger partial charge >= 0.3 is 0 Å². The van der Waals surface area contributed by atoms with Crippen LogP contribution in [0.3, 0.4) is 0 Å². The number of hydroxylamine groups is 2. The smallest absolute Gasteiger partial charge is 0.287 e. The summed E-state index contributed by atoms with van der Waals surface area (Å²) in [4.78, 5) is 20.8. The molecular formula is C23H23ClFN3O4S2. The molecule has 3 rings (SSSR count). The summed E-state index contributed by atoms with van der Waals surface area (Å²) < 4.78 is 42.3. The Morgan fingerprint density at radius 1 is 1.12 bits per heavy atom. The highest BCUT2D eigenvalue weighted by Crippen LogP contribution is 2.43. The van der Waals surface area contributed by atoms with Crippen LogP contribution < -0.4 is 0 Å². The third-order valence-corrected chi connectivity index (χ3v) is 7.80. The van der Waals surface area contributed by atoms with E-state index in [0.717, 1.165) is 15.5 Å². The minimum Gasteiger partial charge on any atom is -0.368 e. The van der Waals surface area contributed by atoms with Gasteiger partial charge in [0.2, 0.25) is 0 Å². The van der Waals surface area contributed by atoms with Crippen LogP contribution in [-0.4, -0.2) is 58.9 Å². The first kappa shape index (κ1) is 25.8. The maximum atomic E-state index is 13.7. The second-order valence-corrected chi connectivity index (χ2v) is 10.6. The monoisotopic (exact) mass is 523 g/mol. The van der Waals surface area contributed by atoms with Gasteiger partial charge < -0.3 is 4.90 Å². The lowest BCUT2D eigenvalue weighted by molar-refractivity contribution is -0.0753. The summed E-state index contributed by atoms with van der Waals surface area (Å²) in [6, 6.07) is 10.5. The first-order chi connectivity index (χ1) is 16.0. The molecule has 34 heavy (non-hydrogen) atoms. The molecule has 1 amide bonds. The molecule has 0 aliphatic rings. The van der Waals surface area contributed by atoms with Gasteiger partial charge in [0.25, 0.3) is 15.9 Å². The minimum atomic E-state index is -3.87. The molecule has 0 bridgehead atoms. The number of benzene rings is 2. The lowest BCUT2D eigenvalue weighted by Gasteiger charge is -2.14. The molecular weight excluding hydrogens is 501 g/mol. The van der Waals surface area contributed by atoms with E-state index in [2.05, 4.69) is 4.40 Å². The van der Waals surface area contributed by atoms with E-state index in [1.165, 1.54) is 61.0 Å². The van der Waals surface area contributed by atoms with Crippen LogP contribution in [0.4, 0.5) is 4.39 Å². The lowest BCUT2D eigenvalue weighted by atomic mass is 9.98. The van der Waals surface area contributed by atoms with Crippen LogP contribution in [-0.2, 0) is 14.9 Å². The fourth-order valence-electron chi connectivity index (χ4n) is 3.16. The van der Waals surface area contributed by atoms with E-state index >= 15 is 0 Å². The van der Waals surface area contributed by atoms with Crippen molar-refractivity contribution in [1.29, 1.82) is 0 Å². The van der Waals surface area contributed by atoms with Gasteiger partial charge in [-0.1, -0.05) is 29.8 Å². The van der Waals surface area contributed by atoms with E-state index in [1.54, 1.807) is 32.3 Å². The van der Waals surface area contributed by atoms with Crippen molar-refractivity contribution in [2.45, 2.75) is 11.8 Å². The van der Waals surface area contributed by atoms with Crippen LogP contribution in [0.5, 0.6) is 0 Å². The average molecular weight is 524 g/mol. The quantitative estimate of drug-likeness (QED) is 0.245. The summed E-state index contributed by atoms with van der Waals surface area (Å²) in [6.45, 7) is 1.84. The summed E-state index contributed by atoms with van der Waals surface area (Å²) >= 11 is 7.21. The largest absolute Gasteiger partial charge is 0.368 e. The van der Waals surface area contributed by atoms with E-state index in [1.807, 2.05) is 6.92 Å². The van der Waals surface area contributed by atoms with Crippen molar-refractivity contribution in [3.63, 3.8) is 0 Å². The van der Waals surface area contributed by atoms with E-state index in [9.17, 15) is 17.6 Å². The van der Waals surface area contributed by atoms with Crippen molar-refractivity contribution in [1.82, 2.24) is 9.96 Å². The molecule has 3 aromatic rings. The Labute approximate surface area is 207 Å². The topological polar surface area (TPSA) is 79.3 Å². The van der Waals surface area contributed by atoms with Crippen molar-refractivity contribution in [3.05, 3.63) is 63.7 Å². The zero-order valence-corrected chi connectivity index (χ0v) is 21.6. The molecule has 0 spiro atoms. The van der Waals surface area contributed by atoms with E-state index in [-0.39, 0.29) is 15.8 Å². The Balaban J connectivity index is 2.15. The predicted molar refractivity (Wildman–Crippen MR) is 133 cm³/mol. The van der Waals surface area contributed by atoms with Gasteiger partial charge in [0.15, 0.2) is 0 Å². The van der Waals surface area contributed by atoms with E-state index in [0.29, 0.717) is 21.6 Å². The fourth-order valence-corrected chi connectivity index (χ4v) is 5.55. The van der Waals surface area contributed by atoms with Crippen molar-refractivity contribution >= 4 is 45.2 Å². The molecule has 2 aromatic carbocycles. The van der Waals surface area contributed by atoms with Gasteiger partial charge in [0, 0.05) is 31.6 Å². The Morgan fingerprint density at radius 2 is 1.74 bits per heavy atom. The van der Waals surface area contributed by atoms with Gasteiger partial charge in [-0.05, 0) is 47.9 Å². The van der Waals surface area contributed by atoms with Crippen LogP contribution in [0.25, 0.3) is 21.6 Å². The summed E-state index contributed by atoms with van der Waals surface area (Å²) in [5.41, 5.74) is 2.68. The zero-order chi connectivity index (χ0) is 25.2. The van der Waals surface area contributed by atoms with Crippen molar-refractivity contribution in [2.24, 2.45) is 4.40 Å². The number of thiophene rings is 1. The summed E-state index contributed by atoms with van der Waals surface area (Å²) in [5.74, 6) is -0.915. The van der Waals surface area contributed by atoms with Gasteiger partial charge in [-0.25, -0.2) is 9.45 Å². The maximum Gasteiger partial charge on any atom is 0.287 e. The summed E-state index contributed by atoms with van der Waals surface area (Å²) in [7, 11) is 2.34. The van der Waals surface area contributed by atoms with Gasteiger partial charge in [-0.2, -0.15) is 8.42 Å². The van der Waals surface area contributed by atoms with Crippen LogP contribution in [0.2, 0.25) is 5.02 Å². The number of rotatable bonds is 7. The van der Waals surface area contributed by atoms with E-state index < -0.39 is 15.8 Å². The Kier molecular flexibility index (Phi) is 7.77. The first-order valence-electron chi connectivity index (χ1n) is 9.94. The third kappa shape index (κ3) is 5.30. The van der Waals surface area contributed by atoms with E-state index in [4.69, 9.17) is 16.4 Å². The predicted octanol–water partition coefficient (Wildman–Crippen LogP) is 5.10. The van der Waals surface area contributed by atoms with Crippen molar-refractivity contribution in [3.8, 4) is 21.6 Å². The van der Waals surface area contributed by atoms with Crippen LogP contribution in [0.15, 0.2) is 51.8 Å². The zero-order valence-electron chi connectivity index (χ0n) is 19.2. The normalized spacial score (nSPS) is 11.7. The minimum absolute atomic E-state index is 0.0228. The van der Waals surface area contributed by atoms with Crippen LogP contribution >= 0.6 is 22.9 Å². The molecule has 180 valence electrons. The number of hydrogen-bond donors (Lipinski definition) is 0. The van der Waals surface area contributed by atoms with Crippen molar-refractivity contribution < 1.29 is 22.4 Å². The molecule has 0 saturated carbocycles. The second-order valence-electron chi connectivity index (χ2n) is 7.56. The Morgan fingerprint density at radius 3 is 2.29 bits per heavy atom. The summed E-state index contributed by atoms with van der Waals surface area (Å²) in [5, 5.41) is 1.08. The maximum absolute atomic E-state index is 13.7. The molecule has 0 radical (unpaired) electrons. The highest BCUT2D eigenvalue weighted by molar-refractivity contribution is 7.90. The standard InChI is InChI=1S/C23H23ClFN3O4S2/c1-14-20(15-6-9-17(10-7-15)34(30,31)26-13-27(2)3)22(23(29)28(4)32-5)33-21(14)16-8-11-19(25)18(24)12-16/h6-13H,1-5H3. The molecule has 11 heteroatoms. The highest BCUT2D eigenvalue weighted by atomic mass is 35.5. The summed E-state index contributed by atoms with van der Waals surface area (Å²) in [6.07, 6.45) is 1.21. The SMILES string of the molecule is CON(C)C(=O)c1sc(-c2ccc(F)c(Cl)c2)c(C)c1-c1ccc(S(=O)(=O)N=CN(C)C)cc1.